The van der Waals surface area contributed by atoms with E-state index in [-0.39, 0.29) is 36.2 Å². The van der Waals surface area contributed by atoms with Crippen LogP contribution >= 0.6 is 0 Å². The Morgan fingerprint density at radius 2 is 2.03 bits per heavy atom. The first-order chi connectivity index (χ1) is 14.4. The van der Waals surface area contributed by atoms with Crippen molar-refractivity contribution in [3.05, 3.63) is 59.4 Å². The summed E-state index contributed by atoms with van der Waals surface area (Å²) < 4.78 is 18.0. The van der Waals surface area contributed by atoms with Gasteiger partial charge < -0.3 is 10.1 Å². The third-order valence-electron chi connectivity index (χ3n) is 6.13. The highest BCUT2D eigenvalue weighted by atomic mass is 19.1. The van der Waals surface area contributed by atoms with E-state index in [1.165, 1.54) is 30.4 Å². The van der Waals surface area contributed by atoms with Crippen molar-refractivity contribution < 1.29 is 18.7 Å². The fourth-order valence-electron chi connectivity index (χ4n) is 4.37. The lowest BCUT2D eigenvalue weighted by Gasteiger charge is -2.27. The van der Waals surface area contributed by atoms with Gasteiger partial charge in [-0.15, -0.1) is 0 Å². The van der Waals surface area contributed by atoms with Gasteiger partial charge in [0.05, 0.1) is 13.5 Å². The van der Waals surface area contributed by atoms with E-state index in [2.05, 4.69) is 29.8 Å². The normalized spacial score (nSPS) is 24.2. The van der Waals surface area contributed by atoms with Crippen LogP contribution in [0.2, 0.25) is 0 Å². The van der Waals surface area contributed by atoms with E-state index in [0.29, 0.717) is 25.4 Å². The summed E-state index contributed by atoms with van der Waals surface area (Å²) in [6, 6.07) is 5.45. The van der Waals surface area contributed by atoms with Crippen LogP contribution in [-0.2, 0) is 20.7 Å². The number of rotatable bonds is 7. The minimum Gasteiger partial charge on any atom is -0.468 e. The van der Waals surface area contributed by atoms with Gasteiger partial charge >= 0.3 is 5.97 Å². The molecule has 0 spiro atoms. The molecule has 0 radical (unpaired) electrons. The first-order valence-corrected chi connectivity index (χ1v) is 10.5. The van der Waals surface area contributed by atoms with Gasteiger partial charge in [-0.2, -0.15) is 0 Å². The summed E-state index contributed by atoms with van der Waals surface area (Å²) in [5, 5.41) is 3.03. The van der Waals surface area contributed by atoms with Gasteiger partial charge in [0.25, 0.3) is 0 Å². The molecule has 1 N–H and O–H groups in total. The van der Waals surface area contributed by atoms with Crippen molar-refractivity contribution in [3.63, 3.8) is 0 Å². The number of esters is 1. The number of nitrogens with one attached hydrogen (secondary N) is 1. The Morgan fingerprint density at radius 1 is 1.30 bits per heavy atom. The molecule has 0 aromatic heterocycles. The molecule has 1 aromatic rings. The average molecular weight is 415 g/mol. The fourth-order valence-corrected chi connectivity index (χ4v) is 4.37. The number of hydrogen-bond acceptors (Lipinski definition) is 4. The maximum Gasteiger partial charge on any atom is 0.323 e. The summed E-state index contributed by atoms with van der Waals surface area (Å²) in [5.41, 5.74) is 3.32. The number of benzene rings is 1. The zero-order valence-corrected chi connectivity index (χ0v) is 17.8. The van der Waals surface area contributed by atoms with Crippen LogP contribution < -0.4 is 5.32 Å². The van der Waals surface area contributed by atoms with Crippen LogP contribution in [0.25, 0.3) is 0 Å². The number of halogens is 1. The molecule has 5 nitrogen and oxygen atoms in total. The molecule has 1 aromatic carbocycles. The van der Waals surface area contributed by atoms with E-state index in [1.807, 2.05) is 0 Å². The topological polar surface area (TPSA) is 58.6 Å². The largest absolute Gasteiger partial charge is 0.468 e. The number of nitrogens with zero attached hydrogens (tertiary/aromatic N) is 1. The van der Waals surface area contributed by atoms with Gasteiger partial charge in [0.1, 0.15) is 11.9 Å². The summed E-state index contributed by atoms with van der Waals surface area (Å²) in [7, 11) is 1.40. The Kier molecular flexibility index (Phi) is 7.43. The lowest BCUT2D eigenvalue weighted by atomic mass is 9.85. The van der Waals surface area contributed by atoms with Gasteiger partial charge in [-0.1, -0.05) is 35.9 Å². The quantitative estimate of drug-likeness (QED) is 0.549. The van der Waals surface area contributed by atoms with Crippen molar-refractivity contribution in [1.82, 2.24) is 10.2 Å². The smallest absolute Gasteiger partial charge is 0.323 e. The highest BCUT2D eigenvalue weighted by molar-refractivity contribution is 5.80. The Bertz CT molecular complexity index is 818. The molecule has 0 bridgehead atoms. The van der Waals surface area contributed by atoms with E-state index < -0.39 is 0 Å². The molecule has 3 atom stereocenters. The third kappa shape index (κ3) is 5.79. The first kappa shape index (κ1) is 22.2. The number of allylic oxidation sites excluding steroid dienone is 2. The molecule has 3 rings (SSSR count). The van der Waals surface area contributed by atoms with Crippen molar-refractivity contribution in [2.45, 2.75) is 51.1 Å². The van der Waals surface area contributed by atoms with Crippen LogP contribution in [0.5, 0.6) is 0 Å². The number of carbonyl (C=O) groups is 2. The van der Waals surface area contributed by atoms with E-state index in [0.717, 1.165) is 24.8 Å². The summed E-state index contributed by atoms with van der Waals surface area (Å²) in [6.07, 6.45) is 6.09. The third-order valence-corrected chi connectivity index (χ3v) is 6.13. The van der Waals surface area contributed by atoms with Crippen molar-refractivity contribution in [3.8, 4) is 0 Å². The lowest BCUT2D eigenvalue weighted by Crippen LogP contribution is -2.39. The molecule has 0 unspecified atom stereocenters. The van der Waals surface area contributed by atoms with Crippen molar-refractivity contribution >= 4 is 11.9 Å². The highest BCUT2D eigenvalue weighted by Crippen LogP contribution is 2.30. The van der Waals surface area contributed by atoms with Gasteiger partial charge in [-0.05, 0) is 56.2 Å². The molecule has 1 fully saturated rings. The summed E-state index contributed by atoms with van der Waals surface area (Å²) in [5.74, 6) is -0.167. The van der Waals surface area contributed by atoms with Gasteiger partial charge in [0.15, 0.2) is 0 Å². The molecule has 0 saturated carbocycles. The molecule has 1 aliphatic carbocycles. The number of likely N-dealkylation sites (tertiary alicyclic amines) is 1. The first-order valence-electron chi connectivity index (χ1n) is 10.5. The number of ether oxygens (including phenoxy) is 1. The molecular formula is C24H31FN2O3. The number of hydrogen-bond donors (Lipinski definition) is 1. The molecule has 1 heterocycles. The molecule has 6 heteroatoms. The predicted molar refractivity (Wildman–Crippen MR) is 114 cm³/mol. The molecule has 1 aliphatic heterocycles. The Balaban J connectivity index is 1.58. The number of methoxy groups -OCH3 is 1. The maximum atomic E-state index is 13.0. The molecule has 1 amide bonds. The Hall–Kier alpha value is -2.47. The Morgan fingerprint density at radius 3 is 2.63 bits per heavy atom. The summed E-state index contributed by atoms with van der Waals surface area (Å²) in [4.78, 5) is 26.9. The second-order valence-electron chi connectivity index (χ2n) is 8.45. The minimum absolute atomic E-state index is 0.116. The van der Waals surface area contributed by atoms with E-state index in [4.69, 9.17) is 4.74 Å². The molecule has 2 aliphatic rings. The summed E-state index contributed by atoms with van der Waals surface area (Å²) in [6.45, 7) is 7.47. The molecular weight excluding hydrogens is 383 g/mol. The van der Waals surface area contributed by atoms with Crippen molar-refractivity contribution in [2.24, 2.45) is 5.92 Å². The zero-order chi connectivity index (χ0) is 21.7. The van der Waals surface area contributed by atoms with Crippen molar-refractivity contribution in [1.29, 1.82) is 0 Å². The highest BCUT2D eigenvalue weighted by Gasteiger charge is 2.38. The molecule has 30 heavy (non-hydrogen) atoms. The maximum absolute atomic E-state index is 13.0. The SMILES string of the molecule is C=C(C)[C@@H]1CC=C(CN2C[C@H](NC(=O)Cc3ccc(F)cc3)C[C@H]2C(=O)OC)CC1. The van der Waals surface area contributed by atoms with Gasteiger partial charge in [-0.25, -0.2) is 4.39 Å². The standard InChI is InChI=1S/C24H31FN2O3/c1-16(2)19-8-4-18(5-9-19)14-27-15-21(13-22(27)24(29)30-3)26-23(28)12-17-6-10-20(25)11-7-17/h4,6-7,10-11,19,21-22H,1,5,8-9,12-15H2,2-3H3,(H,26,28)/t19-,21-,22+/m1/s1. The second-order valence-corrected chi connectivity index (χ2v) is 8.45. The fraction of sp³-hybridized carbons (Fsp3) is 0.500. The van der Waals surface area contributed by atoms with E-state index in [9.17, 15) is 14.0 Å². The lowest BCUT2D eigenvalue weighted by molar-refractivity contribution is -0.145. The minimum atomic E-state index is -0.356. The van der Waals surface area contributed by atoms with Crippen LogP contribution in [0.3, 0.4) is 0 Å². The monoisotopic (exact) mass is 414 g/mol. The summed E-state index contributed by atoms with van der Waals surface area (Å²) >= 11 is 0. The van der Waals surface area contributed by atoms with E-state index >= 15 is 0 Å². The number of carbonyl (C=O) groups excluding carboxylic acids is 2. The van der Waals surface area contributed by atoms with Gasteiger partial charge in [0, 0.05) is 19.1 Å². The van der Waals surface area contributed by atoms with Gasteiger partial charge in [-0.3, -0.25) is 14.5 Å². The van der Waals surface area contributed by atoms with E-state index in [1.54, 1.807) is 12.1 Å². The van der Waals surface area contributed by atoms with Crippen molar-refractivity contribution in [2.75, 3.05) is 20.2 Å². The van der Waals surface area contributed by atoms with Crippen LogP contribution in [0.15, 0.2) is 48.1 Å². The van der Waals surface area contributed by atoms with Gasteiger partial charge in [0.2, 0.25) is 5.91 Å². The van der Waals surface area contributed by atoms with Crippen LogP contribution in [0, 0.1) is 11.7 Å². The second kappa shape index (κ2) is 10.0. The molecule has 162 valence electrons. The van der Waals surface area contributed by atoms with Crippen LogP contribution in [0.4, 0.5) is 4.39 Å². The Labute approximate surface area is 178 Å². The molecule has 1 saturated heterocycles. The number of amides is 1. The van der Waals surface area contributed by atoms with Crippen LogP contribution in [0.1, 0.15) is 38.2 Å². The predicted octanol–water partition coefficient (Wildman–Crippen LogP) is 3.40. The average Bonchev–Trinajstić information content (AvgIpc) is 3.11. The zero-order valence-electron chi connectivity index (χ0n) is 17.8. The van der Waals surface area contributed by atoms with Crippen LogP contribution in [-0.4, -0.2) is 49.1 Å².